The van der Waals surface area contributed by atoms with E-state index in [1.54, 1.807) is 7.11 Å². The summed E-state index contributed by atoms with van der Waals surface area (Å²) >= 11 is 0. The van der Waals surface area contributed by atoms with Gasteiger partial charge >= 0.3 is 6.03 Å². The molecule has 0 atom stereocenters. The molecule has 2 N–H and O–H groups in total. The van der Waals surface area contributed by atoms with Gasteiger partial charge < -0.3 is 20.3 Å². The van der Waals surface area contributed by atoms with Crippen molar-refractivity contribution in [3.05, 3.63) is 35.4 Å². The first kappa shape index (κ1) is 13.8. The molecule has 0 saturated carbocycles. The molecule has 0 bridgehead atoms. The molecule has 1 aliphatic rings. The lowest BCUT2D eigenvalue weighted by molar-refractivity contribution is 0.185. The highest BCUT2D eigenvalue weighted by molar-refractivity contribution is 5.76. The average Bonchev–Trinajstić information content (AvgIpc) is 2.81. The van der Waals surface area contributed by atoms with E-state index < -0.39 is 0 Å². The van der Waals surface area contributed by atoms with Crippen molar-refractivity contribution in [2.24, 2.45) is 0 Å². The Morgan fingerprint density at radius 1 is 1.42 bits per heavy atom. The predicted molar refractivity (Wildman–Crippen MR) is 73.8 cm³/mol. The molecule has 0 radical (unpaired) electrons. The Morgan fingerprint density at radius 3 is 3.00 bits per heavy atom. The van der Waals surface area contributed by atoms with Gasteiger partial charge in [0.05, 0.1) is 6.61 Å². The molecular weight excluding hydrogens is 242 g/mol. The van der Waals surface area contributed by atoms with Crippen LogP contribution in [0.2, 0.25) is 0 Å². The minimum Gasteiger partial charge on any atom is -0.380 e. The fourth-order valence-corrected chi connectivity index (χ4v) is 2.17. The van der Waals surface area contributed by atoms with Crippen LogP contribution in [0.25, 0.3) is 0 Å². The number of carbonyl (C=O) groups excluding carboxylic acids is 1. The van der Waals surface area contributed by atoms with E-state index in [-0.39, 0.29) is 6.03 Å². The molecule has 0 aromatic heterocycles. The molecule has 5 nitrogen and oxygen atoms in total. The standard InChI is InChI=1S/C14H21N3O2/c1-19-11-13-4-2-3-12(9-13)10-15-5-7-17-8-6-16-14(17)18/h2-4,9,15H,5-8,10-11H2,1H3,(H,16,18). The third-order valence-corrected chi connectivity index (χ3v) is 3.14. The second-order valence-electron chi connectivity index (χ2n) is 4.65. The van der Waals surface area contributed by atoms with Crippen molar-refractivity contribution >= 4 is 6.03 Å². The smallest absolute Gasteiger partial charge is 0.317 e. The first-order valence-electron chi connectivity index (χ1n) is 6.60. The zero-order valence-electron chi connectivity index (χ0n) is 11.3. The number of nitrogens with one attached hydrogen (secondary N) is 2. The second-order valence-corrected chi connectivity index (χ2v) is 4.65. The van der Waals surface area contributed by atoms with Gasteiger partial charge in [0.25, 0.3) is 0 Å². The third kappa shape index (κ3) is 4.22. The van der Waals surface area contributed by atoms with E-state index in [2.05, 4.69) is 28.8 Å². The lowest BCUT2D eigenvalue weighted by Crippen LogP contribution is -2.34. The van der Waals surface area contributed by atoms with Crippen LogP contribution >= 0.6 is 0 Å². The number of benzene rings is 1. The zero-order valence-corrected chi connectivity index (χ0v) is 11.3. The number of hydrogen-bond donors (Lipinski definition) is 2. The molecule has 1 aromatic rings. The van der Waals surface area contributed by atoms with Crippen LogP contribution < -0.4 is 10.6 Å². The van der Waals surface area contributed by atoms with Crippen molar-refractivity contribution < 1.29 is 9.53 Å². The highest BCUT2D eigenvalue weighted by Gasteiger charge is 2.17. The molecule has 5 heteroatoms. The van der Waals surface area contributed by atoms with Gasteiger partial charge in [-0.2, -0.15) is 0 Å². The Kier molecular flexibility index (Phi) is 5.18. The van der Waals surface area contributed by atoms with E-state index >= 15 is 0 Å². The topological polar surface area (TPSA) is 53.6 Å². The molecule has 0 spiro atoms. The van der Waals surface area contributed by atoms with Crippen LogP contribution in [0.15, 0.2) is 24.3 Å². The maximum Gasteiger partial charge on any atom is 0.317 e. The summed E-state index contributed by atoms with van der Waals surface area (Å²) in [6.45, 7) is 4.59. The van der Waals surface area contributed by atoms with Crippen molar-refractivity contribution in [3.8, 4) is 0 Å². The molecule has 1 aromatic carbocycles. The first-order chi connectivity index (χ1) is 9.29. The van der Waals surface area contributed by atoms with Gasteiger partial charge in [-0.25, -0.2) is 4.79 Å². The summed E-state index contributed by atoms with van der Waals surface area (Å²) in [7, 11) is 1.70. The van der Waals surface area contributed by atoms with Crippen LogP contribution in [-0.4, -0.2) is 44.2 Å². The third-order valence-electron chi connectivity index (χ3n) is 3.14. The molecular formula is C14H21N3O2. The number of ether oxygens (including phenoxy) is 1. The summed E-state index contributed by atoms with van der Waals surface area (Å²) in [5.41, 5.74) is 2.42. The van der Waals surface area contributed by atoms with Crippen molar-refractivity contribution in [2.45, 2.75) is 13.2 Å². The quantitative estimate of drug-likeness (QED) is 0.720. The fraction of sp³-hybridized carbons (Fsp3) is 0.500. The zero-order chi connectivity index (χ0) is 13.5. The van der Waals surface area contributed by atoms with E-state index in [0.29, 0.717) is 6.61 Å². The fourth-order valence-electron chi connectivity index (χ4n) is 2.17. The summed E-state index contributed by atoms with van der Waals surface area (Å²) < 4.78 is 5.12. The van der Waals surface area contributed by atoms with Crippen molar-refractivity contribution in [1.29, 1.82) is 0 Å². The minimum absolute atomic E-state index is 0.0453. The number of amides is 2. The summed E-state index contributed by atoms with van der Waals surface area (Å²) in [4.78, 5) is 13.2. The summed E-state index contributed by atoms with van der Waals surface area (Å²) in [6, 6.07) is 8.37. The van der Waals surface area contributed by atoms with Crippen LogP contribution in [0.5, 0.6) is 0 Å². The number of hydrogen-bond acceptors (Lipinski definition) is 3. The Labute approximate surface area is 113 Å². The number of urea groups is 1. The molecule has 19 heavy (non-hydrogen) atoms. The Bertz CT molecular complexity index is 423. The van der Waals surface area contributed by atoms with E-state index in [9.17, 15) is 4.79 Å². The van der Waals surface area contributed by atoms with E-state index in [0.717, 1.165) is 32.7 Å². The van der Waals surface area contributed by atoms with Gasteiger partial charge in [-0.1, -0.05) is 24.3 Å². The second kappa shape index (κ2) is 7.11. The molecule has 1 saturated heterocycles. The van der Waals surface area contributed by atoms with Gasteiger partial charge in [-0.15, -0.1) is 0 Å². The van der Waals surface area contributed by atoms with Gasteiger partial charge in [0.2, 0.25) is 0 Å². The molecule has 1 aliphatic heterocycles. The highest BCUT2D eigenvalue weighted by atomic mass is 16.5. The molecule has 2 rings (SSSR count). The number of nitrogens with zero attached hydrogens (tertiary/aromatic N) is 1. The van der Waals surface area contributed by atoms with Gasteiger partial charge in [0, 0.05) is 39.8 Å². The van der Waals surface area contributed by atoms with Gasteiger partial charge in [-0.05, 0) is 11.1 Å². The average molecular weight is 263 g/mol. The van der Waals surface area contributed by atoms with Crippen molar-refractivity contribution in [2.75, 3.05) is 33.3 Å². The van der Waals surface area contributed by atoms with Crippen LogP contribution in [0.3, 0.4) is 0 Å². The minimum atomic E-state index is 0.0453. The first-order valence-corrected chi connectivity index (χ1v) is 6.60. The summed E-state index contributed by atoms with van der Waals surface area (Å²) in [6.07, 6.45) is 0. The maximum atomic E-state index is 11.3. The largest absolute Gasteiger partial charge is 0.380 e. The Morgan fingerprint density at radius 2 is 2.26 bits per heavy atom. The van der Waals surface area contributed by atoms with Gasteiger partial charge in [0.1, 0.15) is 0 Å². The molecule has 0 aliphatic carbocycles. The van der Waals surface area contributed by atoms with E-state index in [1.807, 2.05) is 11.0 Å². The monoisotopic (exact) mass is 263 g/mol. The van der Waals surface area contributed by atoms with Crippen molar-refractivity contribution in [3.63, 3.8) is 0 Å². The molecule has 2 amide bonds. The van der Waals surface area contributed by atoms with Gasteiger partial charge in [0.15, 0.2) is 0 Å². The van der Waals surface area contributed by atoms with Crippen LogP contribution in [0, 0.1) is 0 Å². The number of carbonyl (C=O) groups is 1. The number of rotatable bonds is 7. The van der Waals surface area contributed by atoms with Crippen LogP contribution in [0.1, 0.15) is 11.1 Å². The van der Waals surface area contributed by atoms with Crippen LogP contribution in [0.4, 0.5) is 4.79 Å². The van der Waals surface area contributed by atoms with Crippen molar-refractivity contribution in [1.82, 2.24) is 15.5 Å². The highest BCUT2D eigenvalue weighted by Crippen LogP contribution is 2.06. The van der Waals surface area contributed by atoms with Crippen LogP contribution in [-0.2, 0) is 17.9 Å². The Balaban J connectivity index is 1.70. The Hall–Kier alpha value is -1.59. The number of methoxy groups -OCH3 is 1. The normalized spacial score (nSPS) is 14.8. The van der Waals surface area contributed by atoms with E-state index in [4.69, 9.17) is 4.74 Å². The lowest BCUT2D eigenvalue weighted by atomic mass is 10.1. The maximum absolute atomic E-state index is 11.3. The molecule has 104 valence electrons. The lowest BCUT2D eigenvalue weighted by Gasteiger charge is -2.14. The molecule has 0 unspecified atom stereocenters. The SMILES string of the molecule is COCc1cccc(CNCCN2CCNC2=O)c1. The molecule has 1 heterocycles. The van der Waals surface area contributed by atoms with Gasteiger partial charge in [-0.3, -0.25) is 0 Å². The molecule has 1 fully saturated rings. The predicted octanol–water partition coefficient (Wildman–Crippen LogP) is 0.948. The summed E-state index contributed by atoms with van der Waals surface area (Å²) in [5.74, 6) is 0. The van der Waals surface area contributed by atoms with E-state index in [1.165, 1.54) is 11.1 Å². The summed E-state index contributed by atoms with van der Waals surface area (Å²) in [5, 5.41) is 6.15.